The molecule has 3 atom stereocenters. The molecule has 1 heteroatoms. The largest absolute Gasteiger partial charge is 0.300 e. The van der Waals surface area contributed by atoms with E-state index in [1.165, 1.54) is 25.7 Å². The molecule has 1 nitrogen and oxygen atoms in total. The van der Waals surface area contributed by atoms with Gasteiger partial charge in [-0.25, -0.2) is 0 Å². The summed E-state index contributed by atoms with van der Waals surface area (Å²) in [4.78, 5) is 11.6. The maximum Gasteiger partial charge on any atom is 0.133 e. The minimum absolute atomic E-state index is 0.424. The van der Waals surface area contributed by atoms with Crippen LogP contribution in [0.3, 0.4) is 0 Å². The Morgan fingerprint density at radius 1 is 1.20 bits per heavy atom. The van der Waals surface area contributed by atoms with Gasteiger partial charge in [-0.3, -0.25) is 4.79 Å². The summed E-state index contributed by atoms with van der Waals surface area (Å²) in [6.07, 6.45) is 7.04. The van der Waals surface area contributed by atoms with E-state index in [-0.39, 0.29) is 0 Å². The van der Waals surface area contributed by atoms with E-state index >= 15 is 0 Å². The van der Waals surface area contributed by atoms with Crippen molar-refractivity contribution in [2.45, 2.75) is 59.3 Å². The molecule has 0 saturated heterocycles. The topological polar surface area (TPSA) is 17.1 Å². The minimum Gasteiger partial charge on any atom is -0.300 e. The molecule has 3 unspecified atom stereocenters. The van der Waals surface area contributed by atoms with Crippen molar-refractivity contribution >= 4 is 5.78 Å². The lowest BCUT2D eigenvalue weighted by atomic mass is 9.69. The first-order valence-electron chi connectivity index (χ1n) is 6.41. The summed E-state index contributed by atoms with van der Waals surface area (Å²) in [6, 6.07) is 0. The lowest BCUT2D eigenvalue weighted by Crippen LogP contribution is -2.28. The molecular formula is C14H22O. The summed E-state index contributed by atoms with van der Waals surface area (Å²) in [7, 11) is 0. The van der Waals surface area contributed by atoms with Crippen molar-refractivity contribution in [2.24, 2.45) is 22.2 Å². The molecule has 2 bridgehead atoms. The first-order chi connectivity index (χ1) is 6.90. The second kappa shape index (κ2) is 2.49. The van der Waals surface area contributed by atoms with Crippen LogP contribution in [0.4, 0.5) is 0 Å². The Morgan fingerprint density at radius 3 is 2.33 bits per heavy atom. The third kappa shape index (κ3) is 0.976. The number of carbonyl (C=O) groups excluding carboxylic acids is 1. The highest BCUT2D eigenvalue weighted by Gasteiger charge is 2.67. The van der Waals surface area contributed by atoms with Crippen LogP contribution in [-0.4, -0.2) is 5.78 Å². The monoisotopic (exact) mass is 206 g/mol. The molecule has 0 aromatic rings. The molecule has 15 heavy (non-hydrogen) atoms. The predicted octanol–water partition coefficient (Wildman–Crippen LogP) is 3.57. The molecule has 3 rings (SSSR count). The minimum atomic E-state index is 0.424. The maximum atomic E-state index is 11.6. The standard InChI is InChI=1S/C14H22O/c1-12(2)11-5-6-13(12,3)9-14(11)7-4-10(15)8-14/h11H,4-9H2,1-3H3. The van der Waals surface area contributed by atoms with Crippen LogP contribution < -0.4 is 0 Å². The third-order valence-electron chi connectivity index (χ3n) is 6.34. The van der Waals surface area contributed by atoms with Crippen LogP contribution in [0.2, 0.25) is 0 Å². The van der Waals surface area contributed by atoms with E-state index in [0.29, 0.717) is 22.0 Å². The molecule has 0 heterocycles. The molecule has 0 aromatic heterocycles. The summed E-state index contributed by atoms with van der Waals surface area (Å²) >= 11 is 0. The van der Waals surface area contributed by atoms with E-state index in [4.69, 9.17) is 0 Å². The van der Waals surface area contributed by atoms with Gasteiger partial charge in [0.05, 0.1) is 0 Å². The second-order valence-corrected chi connectivity index (χ2v) is 7.13. The Morgan fingerprint density at radius 2 is 1.93 bits per heavy atom. The fraction of sp³-hybridized carbons (Fsp3) is 0.929. The van der Waals surface area contributed by atoms with Gasteiger partial charge < -0.3 is 0 Å². The lowest BCUT2D eigenvalue weighted by molar-refractivity contribution is -0.118. The van der Waals surface area contributed by atoms with Gasteiger partial charge in [-0.1, -0.05) is 20.8 Å². The quantitative estimate of drug-likeness (QED) is 0.592. The van der Waals surface area contributed by atoms with Crippen LogP contribution in [0.1, 0.15) is 59.3 Å². The van der Waals surface area contributed by atoms with Crippen LogP contribution in [0, 0.1) is 22.2 Å². The smallest absolute Gasteiger partial charge is 0.133 e. The van der Waals surface area contributed by atoms with Gasteiger partial charge in [-0.05, 0) is 47.8 Å². The zero-order chi connectivity index (χ0) is 10.9. The average Bonchev–Trinajstić information content (AvgIpc) is 2.61. The number of fused-ring (bicyclic) bond motifs is 3. The SMILES string of the molecule is CC12CCC(C3(CCC(=O)C3)C1)C2(C)C. The molecule has 0 radical (unpaired) electrons. The van der Waals surface area contributed by atoms with Gasteiger partial charge in [-0.15, -0.1) is 0 Å². The van der Waals surface area contributed by atoms with Crippen molar-refractivity contribution in [1.29, 1.82) is 0 Å². The zero-order valence-corrected chi connectivity index (χ0v) is 10.2. The van der Waals surface area contributed by atoms with Crippen LogP contribution in [0.15, 0.2) is 0 Å². The van der Waals surface area contributed by atoms with Gasteiger partial charge in [-0.2, -0.15) is 0 Å². The van der Waals surface area contributed by atoms with Gasteiger partial charge in [0.15, 0.2) is 0 Å². The van der Waals surface area contributed by atoms with E-state index in [1.807, 2.05) is 0 Å². The Balaban J connectivity index is 2.02. The van der Waals surface area contributed by atoms with Crippen LogP contribution in [0.5, 0.6) is 0 Å². The highest BCUT2D eigenvalue weighted by Crippen LogP contribution is 2.75. The van der Waals surface area contributed by atoms with Gasteiger partial charge in [0.25, 0.3) is 0 Å². The lowest BCUT2D eigenvalue weighted by Gasteiger charge is -2.35. The Labute approximate surface area is 92.6 Å². The molecule has 3 aliphatic carbocycles. The molecule has 3 aliphatic rings. The van der Waals surface area contributed by atoms with Crippen molar-refractivity contribution in [3.05, 3.63) is 0 Å². The van der Waals surface area contributed by atoms with Crippen LogP contribution in [-0.2, 0) is 4.79 Å². The Hall–Kier alpha value is -0.330. The fourth-order valence-corrected chi connectivity index (χ4v) is 5.26. The summed E-state index contributed by atoms with van der Waals surface area (Å²) in [5, 5.41) is 0. The number of hydrogen-bond donors (Lipinski definition) is 0. The Bertz CT molecular complexity index is 327. The van der Waals surface area contributed by atoms with Crippen molar-refractivity contribution in [3.63, 3.8) is 0 Å². The van der Waals surface area contributed by atoms with Crippen molar-refractivity contribution in [1.82, 2.24) is 0 Å². The number of hydrogen-bond acceptors (Lipinski definition) is 1. The summed E-state index contributed by atoms with van der Waals surface area (Å²) in [6.45, 7) is 7.36. The molecule has 3 saturated carbocycles. The Kier molecular flexibility index (Phi) is 1.64. The normalized spacial score (nSPS) is 51.9. The van der Waals surface area contributed by atoms with E-state index in [0.717, 1.165) is 18.8 Å². The van der Waals surface area contributed by atoms with Crippen molar-refractivity contribution in [3.8, 4) is 0 Å². The molecule has 0 amide bonds. The van der Waals surface area contributed by atoms with Gasteiger partial charge in [0.2, 0.25) is 0 Å². The molecule has 84 valence electrons. The molecule has 0 N–H and O–H groups in total. The fourth-order valence-electron chi connectivity index (χ4n) is 5.26. The van der Waals surface area contributed by atoms with Crippen molar-refractivity contribution in [2.75, 3.05) is 0 Å². The average molecular weight is 206 g/mol. The number of carbonyl (C=O) groups is 1. The molecule has 1 spiro atoms. The number of rotatable bonds is 0. The van der Waals surface area contributed by atoms with Crippen molar-refractivity contribution < 1.29 is 4.79 Å². The first-order valence-corrected chi connectivity index (χ1v) is 6.41. The molecule has 3 fully saturated rings. The van der Waals surface area contributed by atoms with Crippen LogP contribution in [0.25, 0.3) is 0 Å². The van der Waals surface area contributed by atoms with Crippen LogP contribution >= 0.6 is 0 Å². The maximum absolute atomic E-state index is 11.6. The number of ketones is 1. The van der Waals surface area contributed by atoms with Gasteiger partial charge >= 0.3 is 0 Å². The summed E-state index contributed by atoms with van der Waals surface area (Å²) in [5.74, 6) is 1.35. The summed E-state index contributed by atoms with van der Waals surface area (Å²) in [5.41, 5.74) is 1.41. The predicted molar refractivity (Wildman–Crippen MR) is 60.5 cm³/mol. The molecular weight excluding hydrogens is 184 g/mol. The highest BCUT2D eigenvalue weighted by atomic mass is 16.1. The third-order valence-corrected chi connectivity index (χ3v) is 6.34. The van der Waals surface area contributed by atoms with E-state index in [1.54, 1.807) is 0 Å². The highest BCUT2D eigenvalue weighted by molar-refractivity contribution is 5.81. The zero-order valence-electron chi connectivity index (χ0n) is 10.2. The second-order valence-electron chi connectivity index (χ2n) is 7.13. The molecule has 0 aromatic carbocycles. The van der Waals surface area contributed by atoms with E-state index in [9.17, 15) is 4.79 Å². The summed E-state index contributed by atoms with van der Waals surface area (Å²) < 4.78 is 0. The van der Waals surface area contributed by atoms with Gasteiger partial charge in [0.1, 0.15) is 5.78 Å². The first kappa shape index (κ1) is 9.86. The number of Topliss-reactive ketones (excluding diaryl/α,β-unsaturated/α-hetero) is 1. The van der Waals surface area contributed by atoms with E-state index < -0.39 is 0 Å². The van der Waals surface area contributed by atoms with Gasteiger partial charge in [0, 0.05) is 12.8 Å². The van der Waals surface area contributed by atoms with E-state index in [2.05, 4.69) is 20.8 Å². The molecule has 0 aliphatic heterocycles.